The lowest BCUT2D eigenvalue weighted by molar-refractivity contribution is 0.128. The molecule has 1 heterocycles. The van der Waals surface area contributed by atoms with Gasteiger partial charge in [0.05, 0.1) is 37.2 Å². The molecule has 9 heteroatoms. The summed E-state index contributed by atoms with van der Waals surface area (Å²) in [5.74, 6) is 1.11. The number of aromatic nitrogens is 1. The number of aromatic amines is 1. The Hall–Kier alpha value is -3.17. The van der Waals surface area contributed by atoms with Crippen LogP contribution in [0, 0.1) is 10.4 Å². The van der Waals surface area contributed by atoms with Gasteiger partial charge in [-0.3, -0.25) is 0 Å². The predicted octanol–water partition coefficient (Wildman–Crippen LogP) is 2.17. The van der Waals surface area contributed by atoms with E-state index in [0.717, 1.165) is 35.2 Å². The van der Waals surface area contributed by atoms with E-state index in [1.54, 1.807) is 26.4 Å². The van der Waals surface area contributed by atoms with Gasteiger partial charge in [0.25, 0.3) is 0 Å². The van der Waals surface area contributed by atoms with Crippen molar-refractivity contribution in [3.63, 3.8) is 0 Å². The summed E-state index contributed by atoms with van der Waals surface area (Å²) in [6, 6.07) is 8.33. The number of rotatable bonds is 9. The SMILES string of the molecule is CCN(CC)CC(O)CNc1c2ccc(=[N+]([O-])[O-])cc-2[nH]c2cc(OC)c(OC)cc12. The normalized spacial score (nSPS) is 12.3. The fraction of sp³-hybridized carbons (Fsp3) is 0.409. The molecule has 31 heavy (non-hydrogen) atoms. The Balaban J connectivity index is 2.12. The molecule has 0 amide bonds. The number of H-pyrrole nitrogens is 1. The minimum Gasteiger partial charge on any atom is -0.612 e. The first-order valence-electron chi connectivity index (χ1n) is 10.2. The van der Waals surface area contributed by atoms with Crippen LogP contribution < -0.4 is 25.0 Å². The molecule has 0 spiro atoms. The van der Waals surface area contributed by atoms with Gasteiger partial charge in [0.1, 0.15) is 0 Å². The van der Waals surface area contributed by atoms with Gasteiger partial charge in [-0.25, -0.2) is 0 Å². The monoisotopic (exact) mass is 429 g/mol. The van der Waals surface area contributed by atoms with Crippen LogP contribution in [0.4, 0.5) is 5.69 Å². The number of nitrogens with zero attached hydrogens (tertiary/aromatic N) is 2. The quantitative estimate of drug-likeness (QED) is 0.352. The molecule has 3 N–H and O–H groups in total. The smallest absolute Gasteiger partial charge is 0.224 e. The number of aliphatic hydroxyl groups is 1. The average molecular weight is 429 g/mol. The number of fused-ring (bicyclic) bond motifs is 2. The van der Waals surface area contributed by atoms with Gasteiger partial charge in [0.15, 0.2) is 11.5 Å². The van der Waals surface area contributed by atoms with E-state index in [0.29, 0.717) is 30.3 Å². The van der Waals surface area contributed by atoms with E-state index in [4.69, 9.17) is 9.47 Å². The Bertz CT molecular complexity index is 1070. The van der Waals surface area contributed by atoms with Crippen LogP contribution in [-0.4, -0.2) is 61.5 Å². The molecule has 1 atom stereocenters. The third-order valence-corrected chi connectivity index (χ3v) is 5.42. The Morgan fingerprint density at radius 2 is 1.77 bits per heavy atom. The molecule has 1 aliphatic heterocycles. The van der Waals surface area contributed by atoms with Gasteiger partial charge in [-0.1, -0.05) is 13.8 Å². The maximum absolute atomic E-state index is 11.3. The van der Waals surface area contributed by atoms with Crippen LogP contribution >= 0.6 is 0 Å². The molecule has 2 aliphatic rings. The zero-order valence-electron chi connectivity index (χ0n) is 18.3. The predicted molar refractivity (Wildman–Crippen MR) is 122 cm³/mol. The van der Waals surface area contributed by atoms with Crippen LogP contribution in [0.15, 0.2) is 30.3 Å². The number of ether oxygens (including phenoxy) is 2. The van der Waals surface area contributed by atoms with Crippen LogP contribution in [0.3, 0.4) is 0 Å². The molecular formula is C22H29N4O5-. The molecule has 0 aromatic heterocycles. The standard InChI is InChI=1S/C22H29N4O5/c1-5-25(6-2)13-15(27)12-23-22-16-8-7-14(26(28)29)9-18(16)24-19-11-21(31-4)20(30-3)10-17(19)22/h7-11,15,23-24,27H,5-6,12-13H2,1-4H3/q-1. The van der Waals surface area contributed by atoms with Gasteiger partial charge in [0.2, 0.25) is 5.36 Å². The summed E-state index contributed by atoms with van der Waals surface area (Å²) in [5.41, 5.74) is 2.87. The highest BCUT2D eigenvalue weighted by Gasteiger charge is 2.18. The van der Waals surface area contributed by atoms with Crippen molar-refractivity contribution in [1.29, 1.82) is 0 Å². The second kappa shape index (κ2) is 9.76. The van der Waals surface area contributed by atoms with Gasteiger partial charge < -0.3 is 40.2 Å². The molecule has 3 rings (SSSR count). The number of likely N-dealkylation sites (N-methyl/N-ethyl adjacent to an activating group) is 1. The molecule has 1 aliphatic carbocycles. The summed E-state index contributed by atoms with van der Waals surface area (Å²) in [4.78, 5) is 4.99. The fourth-order valence-electron chi connectivity index (χ4n) is 3.70. The molecule has 0 saturated heterocycles. The molecule has 168 valence electrons. The van der Waals surface area contributed by atoms with E-state index in [1.807, 2.05) is 6.07 Å². The number of hydrogen-bond acceptors (Lipinski definition) is 7. The number of anilines is 1. The summed E-state index contributed by atoms with van der Waals surface area (Å²) in [6.45, 7) is 6.72. The lowest BCUT2D eigenvalue weighted by Crippen LogP contribution is -2.36. The van der Waals surface area contributed by atoms with E-state index in [-0.39, 0.29) is 5.36 Å². The first-order chi connectivity index (χ1) is 14.9. The maximum atomic E-state index is 11.3. The van der Waals surface area contributed by atoms with E-state index in [2.05, 4.69) is 29.0 Å². The summed E-state index contributed by atoms with van der Waals surface area (Å²) >= 11 is 0. The zero-order valence-corrected chi connectivity index (χ0v) is 18.3. The average Bonchev–Trinajstić information content (AvgIpc) is 2.78. The Labute approximate surface area is 181 Å². The molecule has 0 bridgehead atoms. The van der Waals surface area contributed by atoms with Gasteiger partial charge in [-0.15, -0.1) is 0 Å². The van der Waals surface area contributed by atoms with E-state index >= 15 is 0 Å². The molecule has 0 saturated carbocycles. The van der Waals surface area contributed by atoms with Gasteiger partial charge in [-0.2, -0.15) is 4.90 Å². The molecule has 0 fully saturated rings. The maximum Gasteiger partial charge on any atom is 0.224 e. The van der Waals surface area contributed by atoms with Crippen LogP contribution in [0.1, 0.15) is 13.8 Å². The Morgan fingerprint density at radius 3 is 2.39 bits per heavy atom. The number of nitrogens with one attached hydrogen (secondary N) is 2. The van der Waals surface area contributed by atoms with Crippen LogP contribution in [0.2, 0.25) is 0 Å². The number of aliphatic hydroxyl groups excluding tert-OH is 1. The second-order valence-electron chi connectivity index (χ2n) is 7.26. The van der Waals surface area contributed by atoms with Gasteiger partial charge >= 0.3 is 0 Å². The van der Waals surface area contributed by atoms with E-state index in [9.17, 15) is 15.5 Å². The molecule has 1 aromatic rings. The number of hydrogen-bond donors (Lipinski definition) is 3. The zero-order chi connectivity index (χ0) is 22.5. The molecular weight excluding hydrogens is 400 g/mol. The second-order valence-corrected chi connectivity index (χ2v) is 7.26. The third-order valence-electron chi connectivity index (χ3n) is 5.42. The Kier molecular flexibility index (Phi) is 7.09. The number of pyridine rings is 1. The highest BCUT2D eigenvalue weighted by molar-refractivity contribution is 6.02. The Morgan fingerprint density at radius 1 is 1.10 bits per heavy atom. The largest absolute Gasteiger partial charge is 0.612 e. The summed E-state index contributed by atoms with van der Waals surface area (Å²) in [6.07, 6.45) is -0.577. The van der Waals surface area contributed by atoms with Crippen LogP contribution in [0.25, 0.3) is 22.2 Å². The van der Waals surface area contributed by atoms with Crippen molar-refractivity contribution in [3.05, 3.63) is 46.1 Å². The van der Waals surface area contributed by atoms with Crippen molar-refractivity contribution >= 4 is 16.6 Å². The van der Waals surface area contributed by atoms with Gasteiger partial charge in [0, 0.05) is 42.2 Å². The minimum atomic E-state index is -0.577. The summed E-state index contributed by atoms with van der Waals surface area (Å²) in [7, 11) is 3.12. The fourth-order valence-corrected chi connectivity index (χ4v) is 3.70. The molecule has 9 nitrogen and oxygen atoms in total. The van der Waals surface area contributed by atoms with Crippen molar-refractivity contribution in [2.75, 3.05) is 45.7 Å². The van der Waals surface area contributed by atoms with E-state index < -0.39 is 11.0 Å². The number of methoxy groups -OCH3 is 2. The lowest BCUT2D eigenvalue weighted by Gasteiger charge is -2.24. The summed E-state index contributed by atoms with van der Waals surface area (Å²) in [5, 5.41) is 37.2. The molecule has 1 unspecified atom stereocenters. The topological polar surface area (TPSA) is 119 Å². The first kappa shape index (κ1) is 22.5. The third kappa shape index (κ3) is 4.78. The first-order valence-corrected chi connectivity index (χ1v) is 10.2. The van der Waals surface area contributed by atoms with Crippen molar-refractivity contribution < 1.29 is 14.6 Å². The van der Waals surface area contributed by atoms with Gasteiger partial charge in [-0.05, 0) is 25.2 Å². The summed E-state index contributed by atoms with van der Waals surface area (Å²) < 4.78 is 10.9. The minimum absolute atomic E-state index is 0.00362. The molecule has 1 aromatic carbocycles. The number of benzene rings is 2. The molecule has 0 radical (unpaired) electrons. The van der Waals surface area contributed by atoms with Crippen molar-refractivity contribution in [2.24, 2.45) is 0 Å². The van der Waals surface area contributed by atoms with Crippen molar-refractivity contribution in [1.82, 2.24) is 14.8 Å². The van der Waals surface area contributed by atoms with Crippen LogP contribution in [0.5, 0.6) is 11.5 Å². The highest BCUT2D eigenvalue weighted by atomic mass is 16.8. The van der Waals surface area contributed by atoms with Crippen molar-refractivity contribution in [2.45, 2.75) is 20.0 Å². The van der Waals surface area contributed by atoms with E-state index in [1.165, 1.54) is 12.1 Å². The highest BCUT2D eigenvalue weighted by Crippen LogP contribution is 2.39. The van der Waals surface area contributed by atoms with Crippen LogP contribution in [-0.2, 0) is 0 Å². The van der Waals surface area contributed by atoms with Crippen molar-refractivity contribution in [3.8, 4) is 22.8 Å². The lowest BCUT2D eigenvalue weighted by atomic mass is 10.0.